The molecule has 2 heterocycles. The lowest BCUT2D eigenvalue weighted by atomic mass is 9.77. The fourth-order valence-corrected chi connectivity index (χ4v) is 4.23. The van der Waals surface area contributed by atoms with Crippen molar-refractivity contribution in [2.75, 3.05) is 0 Å². The van der Waals surface area contributed by atoms with Crippen LogP contribution in [0.25, 0.3) is 11.0 Å². The van der Waals surface area contributed by atoms with Crippen molar-refractivity contribution in [3.05, 3.63) is 126 Å². The fraction of sp³-hybridized carbons (Fsp3) is 0.0769. The average Bonchev–Trinajstić information content (AvgIpc) is 3.25. The Bertz CT molecular complexity index is 1230. The number of rotatable bonds is 6. The van der Waals surface area contributed by atoms with E-state index in [-0.39, 0.29) is 5.75 Å². The topological polar surface area (TPSA) is 39.9 Å². The molecule has 6 heteroatoms. The van der Waals surface area contributed by atoms with Gasteiger partial charge in [-0.3, -0.25) is 0 Å². The summed E-state index contributed by atoms with van der Waals surface area (Å²) in [7, 11) is 0. The predicted octanol–water partition coefficient (Wildman–Crippen LogP) is 5.87. The summed E-state index contributed by atoms with van der Waals surface area (Å²) >= 11 is 0. The summed E-state index contributed by atoms with van der Waals surface area (Å²) in [4.78, 5) is 4.31. The van der Waals surface area contributed by atoms with Crippen LogP contribution in [0.5, 0.6) is 5.75 Å². The van der Waals surface area contributed by atoms with Crippen molar-refractivity contribution >= 4 is 11.0 Å². The summed E-state index contributed by atoms with van der Waals surface area (Å²) in [6.07, 6.45) is 2.93. The van der Waals surface area contributed by atoms with Crippen LogP contribution < -0.4 is 4.74 Å². The number of aromatic nitrogens is 3. The molecule has 0 atom stereocenters. The molecule has 0 aliphatic carbocycles. The Labute approximate surface area is 183 Å². The molecular weight excluding hydrogens is 408 g/mol. The van der Waals surface area contributed by atoms with Gasteiger partial charge in [-0.2, -0.15) is 13.9 Å². The molecule has 0 N–H and O–H groups in total. The van der Waals surface area contributed by atoms with Crippen LogP contribution in [0.2, 0.25) is 0 Å². The first-order chi connectivity index (χ1) is 15.7. The quantitative estimate of drug-likeness (QED) is 0.318. The van der Waals surface area contributed by atoms with Gasteiger partial charge in [0.2, 0.25) is 0 Å². The highest BCUT2D eigenvalue weighted by Gasteiger charge is 2.40. The number of nitrogens with zero attached hydrogens (tertiary/aromatic N) is 3. The van der Waals surface area contributed by atoms with Crippen LogP contribution >= 0.6 is 0 Å². The highest BCUT2D eigenvalue weighted by Crippen LogP contribution is 2.42. The lowest BCUT2D eigenvalue weighted by Crippen LogP contribution is -2.38. The fourth-order valence-electron chi connectivity index (χ4n) is 4.23. The van der Waals surface area contributed by atoms with Crippen LogP contribution in [0.4, 0.5) is 8.78 Å². The molecule has 0 aliphatic rings. The van der Waals surface area contributed by atoms with Gasteiger partial charge in [-0.1, -0.05) is 91.0 Å². The number of halogens is 2. The lowest BCUT2D eigenvalue weighted by Gasteiger charge is -2.36. The largest absolute Gasteiger partial charge is 0.433 e. The molecule has 5 rings (SSSR count). The molecule has 0 bridgehead atoms. The Morgan fingerprint density at radius 3 is 1.69 bits per heavy atom. The lowest BCUT2D eigenvalue weighted by molar-refractivity contribution is -0.0499. The van der Waals surface area contributed by atoms with Crippen LogP contribution in [0.15, 0.2) is 109 Å². The van der Waals surface area contributed by atoms with Crippen LogP contribution in [0, 0.1) is 0 Å². The van der Waals surface area contributed by atoms with E-state index in [9.17, 15) is 8.78 Å². The number of hydrogen-bond acceptors (Lipinski definition) is 3. The van der Waals surface area contributed by atoms with E-state index in [1.165, 1.54) is 6.20 Å². The summed E-state index contributed by atoms with van der Waals surface area (Å²) in [5, 5.41) is 4.73. The Hall–Kier alpha value is -4.06. The third-order valence-corrected chi connectivity index (χ3v) is 5.51. The smallest absolute Gasteiger partial charge is 0.387 e. The van der Waals surface area contributed by atoms with Crippen LogP contribution in [-0.2, 0) is 5.54 Å². The zero-order valence-electron chi connectivity index (χ0n) is 17.0. The van der Waals surface area contributed by atoms with Gasteiger partial charge in [0.15, 0.2) is 0 Å². The van der Waals surface area contributed by atoms with Crippen molar-refractivity contribution in [2.45, 2.75) is 12.2 Å². The highest BCUT2D eigenvalue weighted by molar-refractivity contribution is 5.77. The Morgan fingerprint density at radius 2 is 1.22 bits per heavy atom. The minimum absolute atomic E-state index is 0.0164. The zero-order chi connectivity index (χ0) is 22.0. The molecule has 0 saturated carbocycles. The van der Waals surface area contributed by atoms with Crippen molar-refractivity contribution in [2.24, 2.45) is 0 Å². The molecule has 5 aromatic rings. The van der Waals surface area contributed by atoms with E-state index >= 15 is 0 Å². The summed E-state index contributed by atoms with van der Waals surface area (Å²) in [6, 6.07) is 31.6. The van der Waals surface area contributed by atoms with Gasteiger partial charge in [-0.25, -0.2) is 9.67 Å². The number of pyridine rings is 1. The molecule has 0 aliphatic heterocycles. The number of fused-ring (bicyclic) bond motifs is 1. The molecule has 0 unspecified atom stereocenters. The predicted molar refractivity (Wildman–Crippen MR) is 119 cm³/mol. The second kappa shape index (κ2) is 8.23. The van der Waals surface area contributed by atoms with Gasteiger partial charge in [0.05, 0.1) is 17.9 Å². The van der Waals surface area contributed by atoms with Crippen molar-refractivity contribution in [1.82, 2.24) is 14.8 Å². The summed E-state index contributed by atoms with van der Waals surface area (Å²) in [5.41, 5.74) is 3.22. The van der Waals surface area contributed by atoms with Crippen molar-refractivity contribution < 1.29 is 13.5 Å². The Morgan fingerprint density at radius 1 is 0.719 bits per heavy atom. The molecule has 2 aromatic heterocycles. The molecule has 32 heavy (non-hydrogen) atoms. The SMILES string of the molecule is FC(F)Oc1cnc2cnn(C(c3ccccc3)(c3ccccc3)c3ccccc3)c2c1. The van der Waals surface area contributed by atoms with Gasteiger partial charge >= 0.3 is 6.61 Å². The molecule has 0 fully saturated rings. The van der Waals surface area contributed by atoms with E-state index in [1.807, 2.05) is 95.7 Å². The second-order valence-corrected chi connectivity index (χ2v) is 7.32. The number of alkyl halides is 2. The van der Waals surface area contributed by atoms with Gasteiger partial charge in [0, 0.05) is 6.07 Å². The summed E-state index contributed by atoms with van der Waals surface area (Å²) in [5.74, 6) is -0.0164. The standard InChI is InChI=1S/C26H19F2N3O/c27-25(28)32-22-16-24-23(29-17-22)18-30-31(24)26(19-10-4-1-5-11-19,20-12-6-2-7-13-20)21-14-8-3-9-15-21/h1-18,25H. The van der Waals surface area contributed by atoms with Crippen molar-refractivity contribution in [3.8, 4) is 5.75 Å². The van der Waals surface area contributed by atoms with Gasteiger partial charge in [-0.05, 0) is 16.7 Å². The second-order valence-electron chi connectivity index (χ2n) is 7.32. The van der Waals surface area contributed by atoms with Crippen LogP contribution in [-0.4, -0.2) is 21.4 Å². The third kappa shape index (κ3) is 3.30. The molecule has 0 radical (unpaired) electrons. The molecular formula is C26H19F2N3O. The molecule has 0 saturated heterocycles. The minimum atomic E-state index is -2.94. The van der Waals surface area contributed by atoms with Gasteiger partial charge in [0.25, 0.3) is 0 Å². The number of hydrogen-bond donors (Lipinski definition) is 0. The maximum Gasteiger partial charge on any atom is 0.387 e. The van der Waals surface area contributed by atoms with Gasteiger partial charge in [-0.15, -0.1) is 0 Å². The first kappa shape index (κ1) is 19.9. The maximum absolute atomic E-state index is 12.9. The first-order valence-electron chi connectivity index (χ1n) is 10.2. The van der Waals surface area contributed by atoms with E-state index in [0.717, 1.165) is 16.7 Å². The number of benzene rings is 3. The maximum atomic E-state index is 12.9. The van der Waals surface area contributed by atoms with Gasteiger partial charge in [0.1, 0.15) is 16.8 Å². The van der Waals surface area contributed by atoms with Crippen LogP contribution in [0.1, 0.15) is 16.7 Å². The monoisotopic (exact) mass is 427 g/mol. The Balaban J connectivity index is 1.89. The molecule has 4 nitrogen and oxygen atoms in total. The average molecular weight is 427 g/mol. The molecule has 0 amide bonds. The molecule has 3 aromatic carbocycles. The van der Waals surface area contributed by atoms with E-state index in [2.05, 4.69) is 9.72 Å². The van der Waals surface area contributed by atoms with E-state index < -0.39 is 12.2 Å². The molecule has 158 valence electrons. The zero-order valence-corrected chi connectivity index (χ0v) is 17.0. The number of ether oxygens (including phenoxy) is 1. The van der Waals surface area contributed by atoms with E-state index in [4.69, 9.17) is 5.10 Å². The van der Waals surface area contributed by atoms with Crippen molar-refractivity contribution in [1.29, 1.82) is 0 Å². The van der Waals surface area contributed by atoms with Gasteiger partial charge < -0.3 is 4.74 Å². The van der Waals surface area contributed by atoms with Crippen LogP contribution in [0.3, 0.4) is 0 Å². The highest BCUT2D eigenvalue weighted by atomic mass is 19.3. The van der Waals surface area contributed by atoms with E-state index in [0.29, 0.717) is 11.0 Å². The summed E-state index contributed by atoms with van der Waals surface area (Å²) < 4.78 is 32.3. The summed E-state index contributed by atoms with van der Waals surface area (Å²) in [6.45, 7) is -2.94. The molecule has 0 spiro atoms. The van der Waals surface area contributed by atoms with Crippen molar-refractivity contribution in [3.63, 3.8) is 0 Å². The normalized spacial score (nSPS) is 11.7. The third-order valence-electron chi connectivity index (χ3n) is 5.51. The van der Waals surface area contributed by atoms with E-state index in [1.54, 1.807) is 12.3 Å². The minimum Gasteiger partial charge on any atom is -0.433 e. The first-order valence-corrected chi connectivity index (χ1v) is 10.2. The Kier molecular flexibility index (Phi) is 5.11.